The van der Waals surface area contributed by atoms with Crippen molar-refractivity contribution < 1.29 is 0 Å². The monoisotopic (exact) mass is 271 g/mol. The highest BCUT2D eigenvalue weighted by molar-refractivity contribution is 5.35. The van der Waals surface area contributed by atoms with Gasteiger partial charge in [-0.05, 0) is 38.8 Å². The van der Waals surface area contributed by atoms with Crippen molar-refractivity contribution in [2.45, 2.75) is 52.6 Å². The lowest BCUT2D eigenvalue weighted by Crippen LogP contribution is -2.40. The molecule has 1 aromatic heterocycles. The van der Waals surface area contributed by atoms with Gasteiger partial charge in [-0.1, -0.05) is 32.0 Å². The molecule has 2 rings (SSSR count). The highest BCUT2D eigenvalue weighted by Crippen LogP contribution is 2.18. The van der Waals surface area contributed by atoms with Crippen LogP contribution in [0, 0.1) is 6.92 Å². The SMILES string of the molecule is CCC(C)(CC)NCc1cnc(C)n1-c1ccccc1. The molecule has 0 saturated heterocycles. The summed E-state index contributed by atoms with van der Waals surface area (Å²) in [5.74, 6) is 1.03. The minimum absolute atomic E-state index is 0.194. The Labute approximate surface area is 122 Å². The highest BCUT2D eigenvalue weighted by atomic mass is 15.1. The van der Waals surface area contributed by atoms with Gasteiger partial charge in [0, 0.05) is 17.8 Å². The molecule has 3 heteroatoms. The number of hydrogen-bond donors (Lipinski definition) is 1. The maximum Gasteiger partial charge on any atom is 0.110 e. The van der Waals surface area contributed by atoms with Gasteiger partial charge < -0.3 is 5.32 Å². The standard InChI is InChI=1S/C17H25N3/c1-5-17(4,6-2)19-13-16-12-18-14(3)20(16)15-10-8-7-9-11-15/h7-12,19H,5-6,13H2,1-4H3. The molecule has 0 saturated carbocycles. The van der Waals surface area contributed by atoms with Crippen LogP contribution in [-0.4, -0.2) is 15.1 Å². The Morgan fingerprint density at radius 1 is 1.15 bits per heavy atom. The number of hydrogen-bond acceptors (Lipinski definition) is 2. The van der Waals surface area contributed by atoms with Crippen molar-refractivity contribution in [2.75, 3.05) is 0 Å². The summed E-state index contributed by atoms with van der Waals surface area (Å²) in [6, 6.07) is 10.4. The van der Waals surface area contributed by atoms with E-state index in [4.69, 9.17) is 0 Å². The Hall–Kier alpha value is -1.61. The summed E-state index contributed by atoms with van der Waals surface area (Å²) in [7, 11) is 0. The molecule has 1 aromatic carbocycles. The second-order valence-corrected chi connectivity index (χ2v) is 5.59. The molecular formula is C17H25N3. The molecule has 20 heavy (non-hydrogen) atoms. The number of imidazole rings is 1. The molecule has 2 aromatic rings. The zero-order valence-corrected chi connectivity index (χ0v) is 13.0. The molecule has 3 nitrogen and oxygen atoms in total. The first-order valence-corrected chi connectivity index (χ1v) is 7.43. The molecule has 0 aliphatic rings. The minimum atomic E-state index is 0.194. The van der Waals surface area contributed by atoms with E-state index >= 15 is 0 Å². The fourth-order valence-electron chi connectivity index (χ4n) is 2.35. The van der Waals surface area contributed by atoms with Crippen LogP contribution in [0.15, 0.2) is 36.5 Å². The number of para-hydroxylation sites is 1. The van der Waals surface area contributed by atoms with E-state index in [9.17, 15) is 0 Å². The molecule has 108 valence electrons. The Bertz CT molecular complexity index is 539. The van der Waals surface area contributed by atoms with E-state index in [1.807, 2.05) is 12.3 Å². The first-order chi connectivity index (χ1) is 9.59. The number of aryl methyl sites for hydroxylation is 1. The zero-order valence-electron chi connectivity index (χ0n) is 13.0. The third-order valence-electron chi connectivity index (χ3n) is 4.28. The van der Waals surface area contributed by atoms with Crippen molar-refractivity contribution in [2.24, 2.45) is 0 Å². The molecular weight excluding hydrogens is 246 g/mol. The van der Waals surface area contributed by atoms with Crippen LogP contribution in [-0.2, 0) is 6.54 Å². The van der Waals surface area contributed by atoms with Gasteiger partial charge in [-0.25, -0.2) is 4.98 Å². The topological polar surface area (TPSA) is 29.9 Å². The van der Waals surface area contributed by atoms with Crippen molar-refractivity contribution in [3.8, 4) is 5.69 Å². The van der Waals surface area contributed by atoms with E-state index in [1.165, 1.54) is 11.4 Å². The molecule has 0 fully saturated rings. The lowest BCUT2D eigenvalue weighted by Gasteiger charge is -2.28. The number of nitrogens with one attached hydrogen (secondary N) is 1. The normalized spacial score (nSPS) is 11.8. The van der Waals surface area contributed by atoms with Gasteiger partial charge in [-0.15, -0.1) is 0 Å². The molecule has 0 bridgehead atoms. The van der Waals surface area contributed by atoms with Crippen LogP contribution in [0.25, 0.3) is 5.69 Å². The van der Waals surface area contributed by atoms with E-state index in [2.05, 4.69) is 66.8 Å². The third-order valence-corrected chi connectivity index (χ3v) is 4.28. The second kappa shape index (κ2) is 6.23. The first-order valence-electron chi connectivity index (χ1n) is 7.43. The summed E-state index contributed by atoms with van der Waals surface area (Å²) in [5.41, 5.74) is 2.58. The van der Waals surface area contributed by atoms with Gasteiger partial charge in [0.05, 0.1) is 11.9 Å². The molecule has 0 radical (unpaired) electrons. The Balaban J connectivity index is 2.22. The lowest BCUT2D eigenvalue weighted by atomic mass is 9.95. The average Bonchev–Trinajstić information content (AvgIpc) is 2.86. The number of rotatable bonds is 6. The average molecular weight is 271 g/mol. The van der Waals surface area contributed by atoms with Crippen molar-refractivity contribution in [3.63, 3.8) is 0 Å². The van der Waals surface area contributed by atoms with E-state index in [0.29, 0.717) is 0 Å². The summed E-state index contributed by atoms with van der Waals surface area (Å²) < 4.78 is 2.22. The molecule has 1 heterocycles. The smallest absolute Gasteiger partial charge is 0.110 e. The predicted molar refractivity (Wildman–Crippen MR) is 84.1 cm³/mol. The van der Waals surface area contributed by atoms with E-state index in [0.717, 1.165) is 25.2 Å². The quantitative estimate of drug-likeness (QED) is 0.865. The van der Waals surface area contributed by atoms with E-state index < -0.39 is 0 Å². The molecule has 0 unspecified atom stereocenters. The van der Waals surface area contributed by atoms with Gasteiger partial charge in [-0.2, -0.15) is 0 Å². The van der Waals surface area contributed by atoms with Crippen molar-refractivity contribution in [3.05, 3.63) is 48.0 Å². The molecule has 0 amide bonds. The summed E-state index contributed by atoms with van der Waals surface area (Å²) in [6.45, 7) is 9.64. The van der Waals surface area contributed by atoms with Gasteiger partial charge >= 0.3 is 0 Å². The largest absolute Gasteiger partial charge is 0.306 e. The molecule has 0 aliphatic heterocycles. The van der Waals surface area contributed by atoms with Crippen LogP contribution in [0.3, 0.4) is 0 Å². The van der Waals surface area contributed by atoms with E-state index in [1.54, 1.807) is 0 Å². The Morgan fingerprint density at radius 2 is 1.80 bits per heavy atom. The first kappa shape index (κ1) is 14.8. The van der Waals surface area contributed by atoms with Crippen LogP contribution in [0.5, 0.6) is 0 Å². The maximum atomic E-state index is 4.47. The summed E-state index contributed by atoms with van der Waals surface area (Å²) in [6.07, 6.45) is 4.23. The van der Waals surface area contributed by atoms with E-state index in [-0.39, 0.29) is 5.54 Å². The fourth-order valence-corrected chi connectivity index (χ4v) is 2.35. The number of nitrogens with zero attached hydrogens (tertiary/aromatic N) is 2. The predicted octanol–water partition coefficient (Wildman–Crippen LogP) is 3.85. The van der Waals surface area contributed by atoms with Gasteiger partial charge in [0.2, 0.25) is 0 Å². The fraction of sp³-hybridized carbons (Fsp3) is 0.471. The Kier molecular flexibility index (Phi) is 4.61. The second-order valence-electron chi connectivity index (χ2n) is 5.59. The van der Waals surface area contributed by atoms with Crippen LogP contribution in [0.4, 0.5) is 0 Å². The van der Waals surface area contributed by atoms with Crippen molar-refractivity contribution >= 4 is 0 Å². The van der Waals surface area contributed by atoms with Crippen LogP contribution in [0.2, 0.25) is 0 Å². The minimum Gasteiger partial charge on any atom is -0.306 e. The van der Waals surface area contributed by atoms with Gasteiger partial charge in [0.25, 0.3) is 0 Å². The number of benzene rings is 1. The zero-order chi connectivity index (χ0) is 14.6. The maximum absolute atomic E-state index is 4.47. The van der Waals surface area contributed by atoms with Gasteiger partial charge in [0.1, 0.15) is 5.82 Å². The van der Waals surface area contributed by atoms with Crippen LogP contribution >= 0.6 is 0 Å². The highest BCUT2D eigenvalue weighted by Gasteiger charge is 2.19. The molecule has 1 N–H and O–H groups in total. The van der Waals surface area contributed by atoms with Crippen LogP contribution in [0.1, 0.15) is 45.1 Å². The Morgan fingerprint density at radius 3 is 2.40 bits per heavy atom. The molecule has 0 spiro atoms. The van der Waals surface area contributed by atoms with Crippen molar-refractivity contribution in [1.29, 1.82) is 0 Å². The summed E-state index contributed by atoms with van der Waals surface area (Å²) >= 11 is 0. The van der Waals surface area contributed by atoms with Gasteiger partial charge in [-0.3, -0.25) is 4.57 Å². The van der Waals surface area contributed by atoms with Crippen LogP contribution < -0.4 is 5.32 Å². The van der Waals surface area contributed by atoms with Gasteiger partial charge in [0.15, 0.2) is 0 Å². The third kappa shape index (κ3) is 3.10. The molecule has 0 atom stereocenters. The molecule has 0 aliphatic carbocycles. The van der Waals surface area contributed by atoms with Crippen molar-refractivity contribution in [1.82, 2.24) is 14.9 Å². The number of aromatic nitrogens is 2. The summed E-state index contributed by atoms with van der Waals surface area (Å²) in [4.78, 5) is 4.47. The summed E-state index contributed by atoms with van der Waals surface area (Å²) in [5, 5.41) is 3.67. The lowest BCUT2D eigenvalue weighted by molar-refractivity contribution is 0.327.